The van der Waals surface area contributed by atoms with Crippen molar-refractivity contribution in [3.8, 4) is 0 Å². The van der Waals surface area contributed by atoms with Crippen LogP contribution in [0.25, 0.3) is 0 Å². The van der Waals surface area contributed by atoms with E-state index >= 15 is 0 Å². The molecule has 10 atom stereocenters. The van der Waals surface area contributed by atoms with Crippen molar-refractivity contribution in [1.29, 1.82) is 0 Å². The van der Waals surface area contributed by atoms with Gasteiger partial charge in [-0.15, -0.1) is 0 Å². The molecule has 0 amide bonds. The zero-order valence-corrected chi connectivity index (χ0v) is 12.1. The molecule has 0 aliphatic carbocycles. The molecule has 136 valence electrons. The van der Waals surface area contributed by atoms with Gasteiger partial charge in [0.05, 0.1) is 19.3 Å². The molecule has 2 saturated heterocycles. The number of hydrogen-bond acceptors (Lipinski definition) is 11. The van der Waals surface area contributed by atoms with Crippen molar-refractivity contribution in [2.24, 2.45) is 5.73 Å². The summed E-state index contributed by atoms with van der Waals surface area (Å²) in [5.74, 6) is 0. The average Bonchev–Trinajstić information content (AvgIpc) is 2.55. The molecule has 0 saturated carbocycles. The second-order valence-electron chi connectivity index (χ2n) is 5.62. The Morgan fingerprint density at radius 1 is 0.696 bits per heavy atom. The Morgan fingerprint density at radius 3 is 1.70 bits per heavy atom. The van der Waals surface area contributed by atoms with Gasteiger partial charge in [-0.25, -0.2) is 0 Å². The SMILES string of the molecule is N[C@H]1C(OC2O[C@H](CO)[C@H](O)[C@H](O)[C@H]2O)O[C@H](CO)[C@H](O)[C@@H]1O. The van der Waals surface area contributed by atoms with Crippen LogP contribution < -0.4 is 5.73 Å². The van der Waals surface area contributed by atoms with Crippen LogP contribution in [0.2, 0.25) is 0 Å². The quantitative estimate of drug-likeness (QED) is 0.243. The summed E-state index contributed by atoms with van der Waals surface area (Å²) in [6.45, 7) is -1.25. The highest BCUT2D eigenvalue weighted by Gasteiger charge is 2.48. The fourth-order valence-corrected chi connectivity index (χ4v) is 2.54. The van der Waals surface area contributed by atoms with E-state index in [1.165, 1.54) is 0 Å². The first kappa shape index (κ1) is 18.9. The van der Waals surface area contributed by atoms with E-state index in [2.05, 4.69) is 0 Å². The average molecular weight is 341 g/mol. The summed E-state index contributed by atoms with van der Waals surface area (Å²) in [6.07, 6.45) is -13.0. The summed E-state index contributed by atoms with van der Waals surface area (Å²) in [6, 6.07) is -1.22. The smallest absolute Gasteiger partial charge is 0.189 e. The van der Waals surface area contributed by atoms with Crippen LogP contribution >= 0.6 is 0 Å². The van der Waals surface area contributed by atoms with Crippen molar-refractivity contribution < 1.29 is 50.0 Å². The molecule has 2 aliphatic rings. The number of ether oxygens (including phenoxy) is 3. The minimum atomic E-state index is -1.67. The maximum absolute atomic E-state index is 9.88. The summed E-state index contributed by atoms with van der Waals surface area (Å²) in [4.78, 5) is 0. The van der Waals surface area contributed by atoms with Crippen molar-refractivity contribution in [2.75, 3.05) is 13.2 Å². The van der Waals surface area contributed by atoms with E-state index in [9.17, 15) is 25.5 Å². The van der Waals surface area contributed by atoms with E-state index in [1.807, 2.05) is 0 Å². The molecule has 0 bridgehead atoms. The van der Waals surface area contributed by atoms with Crippen molar-refractivity contribution in [3.63, 3.8) is 0 Å². The Balaban J connectivity index is 2.07. The number of aliphatic hydroxyl groups excluding tert-OH is 7. The molecule has 11 heteroatoms. The van der Waals surface area contributed by atoms with Crippen LogP contribution in [-0.2, 0) is 14.2 Å². The highest BCUT2D eigenvalue weighted by Crippen LogP contribution is 2.27. The van der Waals surface area contributed by atoms with Gasteiger partial charge in [-0.05, 0) is 0 Å². The van der Waals surface area contributed by atoms with Gasteiger partial charge in [0.15, 0.2) is 12.6 Å². The molecule has 0 aromatic heterocycles. The third-order valence-corrected chi connectivity index (χ3v) is 4.05. The number of nitrogens with two attached hydrogens (primary N) is 1. The molecule has 2 unspecified atom stereocenters. The van der Waals surface area contributed by atoms with Crippen molar-refractivity contribution in [1.82, 2.24) is 0 Å². The lowest BCUT2D eigenvalue weighted by Gasteiger charge is -2.45. The molecule has 2 rings (SSSR count). The molecule has 0 spiro atoms. The van der Waals surface area contributed by atoms with Gasteiger partial charge in [-0.3, -0.25) is 0 Å². The third kappa shape index (κ3) is 3.65. The first-order chi connectivity index (χ1) is 10.8. The first-order valence-corrected chi connectivity index (χ1v) is 7.15. The summed E-state index contributed by atoms with van der Waals surface area (Å²) < 4.78 is 15.6. The normalized spacial score (nSPS) is 51.7. The first-order valence-electron chi connectivity index (χ1n) is 7.15. The van der Waals surface area contributed by atoms with E-state index in [0.29, 0.717) is 0 Å². The highest BCUT2D eigenvalue weighted by atomic mass is 16.8. The molecular formula is C12H23NO10. The summed E-state index contributed by atoms with van der Waals surface area (Å²) in [5.41, 5.74) is 5.68. The largest absolute Gasteiger partial charge is 0.394 e. The molecule has 23 heavy (non-hydrogen) atoms. The number of hydrogen-bond donors (Lipinski definition) is 8. The van der Waals surface area contributed by atoms with E-state index in [0.717, 1.165) is 0 Å². The number of rotatable bonds is 4. The van der Waals surface area contributed by atoms with E-state index < -0.39 is 74.6 Å². The van der Waals surface area contributed by atoms with E-state index in [1.54, 1.807) is 0 Å². The van der Waals surface area contributed by atoms with E-state index in [-0.39, 0.29) is 0 Å². The van der Waals surface area contributed by atoms with Crippen LogP contribution in [-0.4, -0.2) is 110 Å². The lowest BCUT2D eigenvalue weighted by Crippen LogP contribution is -2.65. The Bertz CT molecular complexity index is 349. The molecule has 2 aliphatic heterocycles. The monoisotopic (exact) mass is 341 g/mol. The van der Waals surface area contributed by atoms with Crippen molar-refractivity contribution >= 4 is 0 Å². The highest BCUT2D eigenvalue weighted by molar-refractivity contribution is 4.93. The second kappa shape index (κ2) is 7.63. The van der Waals surface area contributed by atoms with Crippen LogP contribution in [0.3, 0.4) is 0 Å². The van der Waals surface area contributed by atoms with Gasteiger partial charge in [-0.2, -0.15) is 0 Å². The fraction of sp³-hybridized carbons (Fsp3) is 1.00. The van der Waals surface area contributed by atoms with Gasteiger partial charge in [0.1, 0.15) is 42.7 Å². The van der Waals surface area contributed by atoms with Crippen molar-refractivity contribution in [3.05, 3.63) is 0 Å². The minimum absolute atomic E-state index is 0.612. The van der Waals surface area contributed by atoms with Gasteiger partial charge >= 0.3 is 0 Å². The zero-order chi connectivity index (χ0) is 17.3. The summed E-state index contributed by atoms with van der Waals surface area (Å²) in [7, 11) is 0. The Labute approximate surface area is 131 Å². The zero-order valence-electron chi connectivity index (χ0n) is 12.1. The molecule has 11 nitrogen and oxygen atoms in total. The van der Waals surface area contributed by atoms with Crippen LogP contribution in [0, 0.1) is 0 Å². The Hall–Kier alpha value is -0.440. The standard InChI is InChI=1S/C12H23NO10/c13-5-8(18)6(16)3(1-14)21-11(5)23-12-10(20)9(19)7(17)4(2-15)22-12/h3-12,14-20H,1-2,13H2/t3-,4-,5-,6+,7+,8-,9+,10-,11?,12?/m1/s1. The molecular weight excluding hydrogens is 318 g/mol. The Morgan fingerprint density at radius 2 is 1.17 bits per heavy atom. The lowest BCUT2D eigenvalue weighted by atomic mass is 9.97. The van der Waals surface area contributed by atoms with Gasteiger partial charge in [0.25, 0.3) is 0 Å². The maximum atomic E-state index is 9.88. The predicted octanol–water partition coefficient (Wildman–Crippen LogP) is -5.43. The molecule has 2 fully saturated rings. The van der Waals surface area contributed by atoms with Crippen molar-refractivity contribution in [2.45, 2.75) is 61.3 Å². The molecule has 9 N–H and O–H groups in total. The molecule has 0 aromatic carbocycles. The summed E-state index contributed by atoms with van der Waals surface area (Å²) in [5, 5.41) is 67.0. The van der Waals surface area contributed by atoms with Crippen LogP contribution in [0.1, 0.15) is 0 Å². The maximum Gasteiger partial charge on any atom is 0.189 e. The second-order valence-corrected chi connectivity index (χ2v) is 5.62. The van der Waals surface area contributed by atoms with Gasteiger partial charge in [0.2, 0.25) is 0 Å². The van der Waals surface area contributed by atoms with Crippen LogP contribution in [0.4, 0.5) is 0 Å². The molecule has 0 radical (unpaired) electrons. The minimum Gasteiger partial charge on any atom is -0.394 e. The van der Waals surface area contributed by atoms with Gasteiger partial charge in [-0.1, -0.05) is 0 Å². The Kier molecular flexibility index (Phi) is 6.27. The molecule has 0 aromatic rings. The lowest BCUT2D eigenvalue weighted by molar-refractivity contribution is -0.361. The van der Waals surface area contributed by atoms with E-state index in [4.69, 9.17) is 30.2 Å². The van der Waals surface area contributed by atoms with Crippen LogP contribution in [0.15, 0.2) is 0 Å². The van der Waals surface area contributed by atoms with Crippen LogP contribution in [0.5, 0.6) is 0 Å². The molecule has 2 heterocycles. The fourth-order valence-electron chi connectivity index (χ4n) is 2.54. The number of aliphatic hydroxyl groups is 7. The summed E-state index contributed by atoms with van der Waals surface area (Å²) >= 11 is 0. The predicted molar refractivity (Wildman–Crippen MR) is 70.6 cm³/mol. The topological polar surface area (TPSA) is 195 Å². The van der Waals surface area contributed by atoms with Gasteiger partial charge < -0.3 is 55.7 Å². The third-order valence-electron chi connectivity index (χ3n) is 4.05. The van der Waals surface area contributed by atoms with Gasteiger partial charge in [0, 0.05) is 0 Å².